The van der Waals surface area contributed by atoms with Crippen LogP contribution < -0.4 is 0 Å². The number of ketones is 2. The van der Waals surface area contributed by atoms with Crippen LogP contribution in [-0.2, 0) is 9.59 Å². The fourth-order valence-electron chi connectivity index (χ4n) is 7.15. The normalized spacial score (nSPS) is 50.6. The minimum absolute atomic E-state index is 0.0446. The summed E-state index contributed by atoms with van der Waals surface area (Å²) < 4.78 is 0. The molecule has 0 saturated heterocycles. The van der Waals surface area contributed by atoms with Gasteiger partial charge in [0.15, 0.2) is 11.6 Å². The van der Waals surface area contributed by atoms with E-state index in [2.05, 4.69) is 13.8 Å². The first-order chi connectivity index (χ1) is 11.2. The van der Waals surface area contributed by atoms with Gasteiger partial charge in [-0.3, -0.25) is 9.59 Å². The molecule has 0 heterocycles. The number of Topliss-reactive ketones (excluding diaryl/α,β-unsaturated/α-hetero) is 1. The molecule has 0 aliphatic heterocycles. The van der Waals surface area contributed by atoms with E-state index in [1.807, 2.05) is 6.08 Å². The summed E-state index contributed by atoms with van der Waals surface area (Å²) in [6, 6.07) is 0. The zero-order valence-corrected chi connectivity index (χ0v) is 15.2. The van der Waals surface area contributed by atoms with Crippen LogP contribution in [0, 0.1) is 28.6 Å². The molecule has 4 aliphatic carbocycles. The second-order valence-corrected chi connectivity index (χ2v) is 9.38. The molecule has 3 heteroatoms. The molecule has 4 rings (SSSR count). The molecule has 0 unspecified atom stereocenters. The summed E-state index contributed by atoms with van der Waals surface area (Å²) in [6.07, 6.45) is 9.37. The first kappa shape index (κ1) is 16.5. The van der Waals surface area contributed by atoms with Gasteiger partial charge in [-0.05, 0) is 81.1 Å². The van der Waals surface area contributed by atoms with E-state index in [9.17, 15) is 14.7 Å². The van der Waals surface area contributed by atoms with Crippen LogP contribution in [0.5, 0.6) is 0 Å². The first-order valence-corrected chi connectivity index (χ1v) is 9.70. The summed E-state index contributed by atoms with van der Waals surface area (Å²) in [5.74, 6) is 1.90. The Balaban J connectivity index is 1.70. The van der Waals surface area contributed by atoms with Gasteiger partial charge in [0.2, 0.25) is 0 Å². The minimum atomic E-state index is -1.12. The number of hydrogen-bond donors (Lipinski definition) is 1. The fraction of sp³-hybridized carbons (Fsp3) is 0.810. The summed E-state index contributed by atoms with van der Waals surface area (Å²) in [6.45, 7) is 6.10. The molecule has 1 N–H and O–H groups in total. The predicted octanol–water partition coefficient (Wildman–Crippen LogP) is 3.84. The van der Waals surface area contributed by atoms with Gasteiger partial charge in [-0.15, -0.1) is 0 Å². The lowest BCUT2D eigenvalue weighted by Crippen LogP contribution is -2.57. The summed E-state index contributed by atoms with van der Waals surface area (Å²) in [5, 5.41) is 11.1. The van der Waals surface area contributed by atoms with Crippen molar-refractivity contribution >= 4 is 11.6 Å². The van der Waals surface area contributed by atoms with E-state index in [0.29, 0.717) is 36.4 Å². The molecule has 0 radical (unpaired) electrons. The third-order valence-corrected chi connectivity index (χ3v) is 8.70. The summed E-state index contributed by atoms with van der Waals surface area (Å²) >= 11 is 0. The lowest BCUT2D eigenvalue weighted by molar-refractivity contribution is -0.160. The second kappa shape index (κ2) is 5.03. The van der Waals surface area contributed by atoms with E-state index in [0.717, 1.165) is 38.5 Å². The Morgan fingerprint density at radius 1 is 1.08 bits per heavy atom. The average molecular weight is 330 g/mol. The number of hydrogen-bond acceptors (Lipinski definition) is 3. The van der Waals surface area contributed by atoms with E-state index >= 15 is 0 Å². The first-order valence-electron chi connectivity index (χ1n) is 9.70. The van der Waals surface area contributed by atoms with E-state index < -0.39 is 5.60 Å². The smallest absolute Gasteiger partial charge is 0.161 e. The fourth-order valence-corrected chi connectivity index (χ4v) is 7.15. The maximum atomic E-state index is 12.2. The molecule has 6 atom stereocenters. The number of carbonyl (C=O) groups is 2. The van der Waals surface area contributed by atoms with E-state index in [4.69, 9.17) is 0 Å². The van der Waals surface area contributed by atoms with Gasteiger partial charge in [0, 0.05) is 11.8 Å². The van der Waals surface area contributed by atoms with Crippen molar-refractivity contribution in [2.24, 2.45) is 28.6 Å². The van der Waals surface area contributed by atoms with Crippen LogP contribution in [0.25, 0.3) is 0 Å². The van der Waals surface area contributed by atoms with Crippen molar-refractivity contribution in [3.8, 4) is 0 Å². The highest BCUT2D eigenvalue weighted by Crippen LogP contribution is 2.67. The topological polar surface area (TPSA) is 54.4 Å². The van der Waals surface area contributed by atoms with Gasteiger partial charge in [-0.25, -0.2) is 0 Å². The van der Waals surface area contributed by atoms with Crippen molar-refractivity contribution < 1.29 is 14.7 Å². The lowest BCUT2D eigenvalue weighted by atomic mass is 9.46. The monoisotopic (exact) mass is 330 g/mol. The molecule has 0 aromatic carbocycles. The summed E-state index contributed by atoms with van der Waals surface area (Å²) in [4.78, 5) is 24.1. The third-order valence-electron chi connectivity index (χ3n) is 8.70. The predicted molar refractivity (Wildman–Crippen MR) is 92.3 cm³/mol. The van der Waals surface area contributed by atoms with Crippen LogP contribution in [0.15, 0.2) is 11.6 Å². The Kier molecular flexibility index (Phi) is 3.46. The minimum Gasteiger partial charge on any atom is -0.382 e. The summed E-state index contributed by atoms with van der Waals surface area (Å²) in [7, 11) is 0. The van der Waals surface area contributed by atoms with Crippen LogP contribution in [0.1, 0.15) is 72.1 Å². The van der Waals surface area contributed by atoms with Crippen molar-refractivity contribution in [1.29, 1.82) is 0 Å². The van der Waals surface area contributed by atoms with Gasteiger partial charge in [0.1, 0.15) is 5.60 Å². The molecule has 0 aromatic heterocycles. The second-order valence-electron chi connectivity index (χ2n) is 9.38. The molecular formula is C21H30O3. The van der Waals surface area contributed by atoms with Gasteiger partial charge in [-0.1, -0.05) is 19.4 Å². The van der Waals surface area contributed by atoms with Gasteiger partial charge >= 0.3 is 0 Å². The van der Waals surface area contributed by atoms with Crippen molar-refractivity contribution in [3.05, 3.63) is 11.6 Å². The highest BCUT2D eigenvalue weighted by Gasteiger charge is 2.65. The van der Waals surface area contributed by atoms with Crippen molar-refractivity contribution in [2.45, 2.75) is 77.7 Å². The van der Waals surface area contributed by atoms with Crippen LogP contribution in [0.2, 0.25) is 0 Å². The molecule has 3 nitrogen and oxygen atoms in total. The van der Waals surface area contributed by atoms with E-state index in [1.54, 1.807) is 6.92 Å². The highest BCUT2D eigenvalue weighted by atomic mass is 16.3. The Labute approximate surface area is 144 Å². The Hall–Kier alpha value is -0.960. The molecule has 24 heavy (non-hydrogen) atoms. The van der Waals surface area contributed by atoms with Crippen LogP contribution in [0.4, 0.5) is 0 Å². The van der Waals surface area contributed by atoms with Crippen LogP contribution >= 0.6 is 0 Å². The molecular weight excluding hydrogens is 300 g/mol. The van der Waals surface area contributed by atoms with Gasteiger partial charge < -0.3 is 5.11 Å². The van der Waals surface area contributed by atoms with Crippen molar-refractivity contribution in [1.82, 2.24) is 0 Å². The molecule has 3 fully saturated rings. The van der Waals surface area contributed by atoms with E-state index in [-0.39, 0.29) is 16.6 Å². The number of fused-ring (bicyclic) bond motifs is 5. The molecule has 0 aromatic rings. The molecule has 0 bridgehead atoms. The SMILES string of the molecule is CC(=O)[C@@]1(O)CC[C@H]2[C@@H]3CCC4=CC(=O)CC[C@@]4(C)[C@@H]3CC[C@@]21C. The molecule has 4 aliphatic rings. The molecule has 132 valence electrons. The third kappa shape index (κ3) is 1.88. The zero-order valence-electron chi connectivity index (χ0n) is 15.2. The van der Waals surface area contributed by atoms with Crippen molar-refractivity contribution in [3.63, 3.8) is 0 Å². The Morgan fingerprint density at radius 2 is 1.79 bits per heavy atom. The van der Waals surface area contributed by atoms with Gasteiger partial charge in [0.05, 0.1) is 0 Å². The number of allylic oxidation sites excluding steroid dienone is 1. The Morgan fingerprint density at radius 3 is 2.50 bits per heavy atom. The largest absolute Gasteiger partial charge is 0.382 e. The maximum Gasteiger partial charge on any atom is 0.161 e. The average Bonchev–Trinajstić information content (AvgIpc) is 2.81. The molecule has 0 spiro atoms. The van der Waals surface area contributed by atoms with Crippen LogP contribution in [-0.4, -0.2) is 22.3 Å². The number of aliphatic hydroxyl groups is 1. The quantitative estimate of drug-likeness (QED) is 0.795. The van der Waals surface area contributed by atoms with Gasteiger partial charge in [-0.2, -0.15) is 0 Å². The molecule has 0 amide bonds. The van der Waals surface area contributed by atoms with Gasteiger partial charge in [0.25, 0.3) is 0 Å². The Bertz CT molecular complexity index is 635. The van der Waals surface area contributed by atoms with E-state index in [1.165, 1.54) is 5.57 Å². The summed E-state index contributed by atoms with van der Waals surface area (Å²) in [5.41, 5.74) is 0.155. The maximum absolute atomic E-state index is 12.2. The molecule has 3 saturated carbocycles. The zero-order chi connectivity index (χ0) is 17.3. The highest BCUT2D eigenvalue weighted by molar-refractivity contribution is 5.91. The number of carbonyl (C=O) groups excluding carboxylic acids is 2. The van der Waals surface area contributed by atoms with Crippen LogP contribution in [0.3, 0.4) is 0 Å². The standard InChI is InChI=1S/C21H30O3/c1-13(22)21(24)11-8-18-16-5-4-14-12-15(23)6-9-19(14,2)17(16)7-10-20(18,21)3/h12,16-18,24H,4-11H2,1-3H3/t16-,17-,18+,19-,20+,21+/m1/s1. The lowest BCUT2D eigenvalue weighted by Gasteiger charge is -2.58. The van der Waals surface area contributed by atoms with Crippen molar-refractivity contribution in [2.75, 3.05) is 0 Å². The number of rotatable bonds is 1.